The van der Waals surface area contributed by atoms with Crippen LogP contribution < -0.4 is 31.7 Å². The molecule has 0 bridgehead atoms. The maximum Gasteiger partial charge on any atom is 0.345 e. The first-order valence-electron chi connectivity index (χ1n) is 14.3. The van der Waals surface area contributed by atoms with Crippen LogP contribution in [0.5, 0.6) is 11.5 Å². The van der Waals surface area contributed by atoms with Crippen molar-refractivity contribution in [2.24, 2.45) is 5.10 Å². The minimum atomic E-state index is -0.792. The van der Waals surface area contributed by atoms with Crippen LogP contribution in [0.25, 0.3) is 11.5 Å². The van der Waals surface area contributed by atoms with Crippen LogP contribution in [0.3, 0.4) is 0 Å². The lowest BCUT2D eigenvalue weighted by Gasteiger charge is -2.14. The van der Waals surface area contributed by atoms with E-state index in [1.165, 1.54) is 30.7 Å². The Hall–Kier alpha value is -7.22. The topological polar surface area (TPSA) is 206 Å². The number of nitrogens with zero attached hydrogens (tertiary/aromatic N) is 6. The van der Waals surface area contributed by atoms with E-state index in [4.69, 9.17) is 20.9 Å². The molecule has 0 saturated heterocycles. The van der Waals surface area contributed by atoms with Gasteiger partial charge in [-0.3, -0.25) is 0 Å². The third-order valence-corrected chi connectivity index (χ3v) is 6.62. The number of nitrogens with one attached hydrogen (secondary N) is 2. The average molecular weight is 639 g/mol. The van der Waals surface area contributed by atoms with Crippen LogP contribution in [-0.4, -0.2) is 43.1 Å². The molecule has 2 heterocycles. The van der Waals surface area contributed by atoms with Crippen molar-refractivity contribution in [1.29, 1.82) is 0 Å². The summed E-state index contributed by atoms with van der Waals surface area (Å²) >= 11 is 0. The Balaban J connectivity index is 1.32. The maximum atomic E-state index is 13.2. The molecule has 0 fully saturated rings. The van der Waals surface area contributed by atoms with E-state index in [0.717, 1.165) is 5.69 Å². The molecule has 0 atom stereocenters. The zero-order chi connectivity index (χ0) is 33.3. The van der Waals surface area contributed by atoms with E-state index in [2.05, 4.69) is 40.8 Å². The van der Waals surface area contributed by atoms with E-state index in [1.807, 2.05) is 30.3 Å². The molecule has 0 aliphatic heterocycles. The molecule has 0 aliphatic rings. The van der Waals surface area contributed by atoms with Crippen LogP contribution in [0.1, 0.15) is 26.3 Å². The molecular weight excluding hydrogens is 612 g/mol. The summed E-state index contributed by atoms with van der Waals surface area (Å²) in [6.07, 6.45) is 4.28. The molecule has 6 aromatic rings. The molecule has 2 aromatic heterocycles. The number of benzene rings is 4. The summed E-state index contributed by atoms with van der Waals surface area (Å²) in [4.78, 5) is 47.7. The van der Waals surface area contributed by atoms with E-state index in [0.29, 0.717) is 11.4 Å². The fourth-order valence-electron chi connectivity index (χ4n) is 4.32. The number of rotatable bonds is 10. The van der Waals surface area contributed by atoms with Crippen molar-refractivity contribution in [3.63, 3.8) is 0 Å². The zero-order valence-electron chi connectivity index (χ0n) is 25.0. The van der Waals surface area contributed by atoms with Crippen molar-refractivity contribution in [2.45, 2.75) is 0 Å². The summed E-state index contributed by atoms with van der Waals surface area (Å²) in [5, 5.41) is 7.39. The Bertz CT molecular complexity index is 2100. The normalized spacial score (nSPS) is 10.8. The molecule has 0 saturated carbocycles. The van der Waals surface area contributed by atoms with Gasteiger partial charge in [-0.2, -0.15) is 20.1 Å². The summed E-state index contributed by atoms with van der Waals surface area (Å²) in [5.41, 5.74) is 16.8. The van der Waals surface area contributed by atoms with Crippen LogP contribution in [0, 0.1) is 0 Å². The lowest BCUT2D eigenvalue weighted by atomic mass is 10.1. The SMILES string of the molecule is Nc1ccccc1C(=O)Oc1c(/C=N/Nc2nc(Nc3ccccc3)nc(-c3ccncn3)n2)ccc(C(=O)Oc2ccccc2)c1N. The second kappa shape index (κ2) is 14.3. The number of carbonyl (C=O) groups is 2. The summed E-state index contributed by atoms with van der Waals surface area (Å²) in [5.74, 6) is -0.823. The maximum absolute atomic E-state index is 13.2. The minimum absolute atomic E-state index is 0.0311. The van der Waals surface area contributed by atoms with Gasteiger partial charge in [0.2, 0.25) is 11.9 Å². The quantitative estimate of drug-likeness (QED) is 0.0506. The van der Waals surface area contributed by atoms with Crippen LogP contribution in [0.15, 0.2) is 121 Å². The fourth-order valence-corrected chi connectivity index (χ4v) is 4.32. The highest BCUT2D eigenvalue weighted by Gasteiger charge is 2.22. The Morgan fingerprint density at radius 1 is 0.729 bits per heavy atom. The standard InChI is InChI=1S/C34H26N10O4/c35-26-14-8-7-13-24(26)31(45)48-29-21(15-16-25(28(29)36)32(46)47-23-11-5-2-6-12-23)19-39-44-34-42-30(27-17-18-37-20-38-27)41-33(43-34)40-22-9-3-1-4-10-22/h1-20H,35-36H2,(H2,40,41,42,43,44)/b39-19+. The van der Waals surface area contributed by atoms with Crippen molar-refractivity contribution in [3.05, 3.63) is 132 Å². The van der Waals surface area contributed by atoms with Crippen molar-refractivity contribution in [2.75, 3.05) is 22.2 Å². The Labute approximate surface area is 273 Å². The van der Waals surface area contributed by atoms with Crippen LogP contribution >= 0.6 is 0 Å². The zero-order valence-corrected chi connectivity index (χ0v) is 25.0. The molecule has 6 rings (SSSR count). The third kappa shape index (κ3) is 7.35. The molecule has 6 N–H and O–H groups in total. The second-order valence-electron chi connectivity index (χ2n) is 9.89. The smallest absolute Gasteiger partial charge is 0.345 e. The Kier molecular flexibility index (Phi) is 9.14. The van der Waals surface area contributed by atoms with E-state index in [1.54, 1.807) is 60.8 Å². The van der Waals surface area contributed by atoms with Gasteiger partial charge in [-0.1, -0.05) is 48.5 Å². The summed E-state index contributed by atoms with van der Waals surface area (Å²) in [6.45, 7) is 0. The molecule has 14 heteroatoms. The number of ether oxygens (including phenoxy) is 2. The summed E-state index contributed by atoms with van der Waals surface area (Å²) in [7, 11) is 0. The molecule has 236 valence electrons. The number of hydrazone groups is 1. The number of aromatic nitrogens is 5. The van der Waals surface area contributed by atoms with E-state index < -0.39 is 11.9 Å². The van der Waals surface area contributed by atoms with Gasteiger partial charge in [0.05, 0.1) is 23.0 Å². The number of esters is 2. The highest BCUT2D eigenvalue weighted by molar-refractivity contribution is 6.03. The van der Waals surface area contributed by atoms with Gasteiger partial charge in [-0.15, -0.1) is 0 Å². The minimum Gasteiger partial charge on any atom is -0.423 e. The second-order valence-corrected chi connectivity index (χ2v) is 9.89. The van der Waals surface area contributed by atoms with Crippen LogP contribution in [-0.2, 0) is 0 Å². The molecule has 0 amide bonds. The van der Waals surface area contributed by atoms with E-state index >= 15 is 0 Å². The van der Waals surface area contributed by atoms with Gasteiger partial charge >= 0.3 is 11.9 Å². The van der Waals surface area contributed by atoms with Crippen molar-refractivity contribution in [3.8, 4) is 23.0 Å². The molecule has 0 unspecified atom stereocenters. The number of nitrogens with two attached hydrogens (primary N) is 2. The lowest BCUT2D eigenvalue weighted by Crippen LogP contribution is -2.17. The largest absolute Gasteiger partial charge is 0.423 e. The van der Waals surface area contributed by atoms with Crippen LogP contribution in [0.2, 0.25) is 0 Å². The number of hydrogen-bond donors (Lipinski definition) is 4. The fraction of sp³-hybridized carbons (Fsp3) is 0. The molecule has 14 nitrogen and oxygen atoms in total. The first-order chi connectivity index (χ1) is 23.4. The predicted molar refractivity (Wildman–Crippen MR) is 180 cm³/mol. The molecule has 0 aliphatic carbocycles. The van der Waals surface area contributed by atoms with Gasteiger partial charge in [0.1, 0.15) is 17.8 Å². The predicted octanol–water partition coefficient (Wildman–Crippen LogP) is 5.12. The van der Waals surface area contributed by atoms with Gasteiger partial charge in [0.25, 0.3) is 0 Å². The number of anilines is 5. The molecule has 0 spiro atoms. The first-order valence-corrected chi connectivity index (χ1v) is 14.3. The van der Waals surface area contributed by atoms with Gasteiger partial charge in [-0.05, 0) is 54.6 Å². The van der Waals surface area contributed by atoms with E-state index in [-0.39, 0.29) is 51.5 Å². The van der Waals surface area contributed by atoms with Crippen molar-refractivity contribution < 1.29 is 19.1 Å². The van der Waals surface area contributed by atoms with Gasteiger partial charge < -0.3 is 26.3 Å². The number of para-hydroxylation sites is 3. The van der Waals surface area contributed by atoms with Gasteiger partial charge in [0, 0.05) is 23.1 Å². The molecule has 48 heavy (non-hydrogen) atoms. The lowest BCUT2D eigenvalue weighted by molar-refractivity contribution is 0.0717. The third-order valence-electron chi connectivity index (χ3n) is 6.62. The van der Waals surface area contributed by atoms with Crippen molar-refractivity contribution >= 4 is 47.1 Å². The highest BCUT2D eigenvalue weighted by atomic mass is 16.5. The van der Waals surface area contributed by atoms with Crippen molar-refractivity contribution in [1.82, 2.24) is 24.9 Å². The van der Waals surface area contributed by atoms with Gasteiger partial charge in [-0.25, -0.2) is 25.0 Å². The highest BCUT2D eigenvalue weighted by Crippen LogP contribution is 2.32. The molecule has 0 radical (unpaired) electrons. The Morgan fingerprint density at radius 2 is 1.44 bits per heavy atom. The summed E-state index contributed by atoms with van der Waals surface area (Å²) in [6, 6.07) is 28.8. The van der Waals surface area contributed by atoms with Gasteiger partial charge in [0.15, 0.2) is 11.6 Å². The van der Waals surface area contributed by atoms with E-state index in [9.17, 15) is 9.59 Å². The number of hydrogen-bond acceptors (Lipinski definition) is 14. The number of carbonyl (C=O) groups excluding carboxylic acids is 2. The summed E-state index contributed by atoms with van der Waals surface area (Å²) < 4.78 is 11.2. The number of nitrogen functional groups attached to an aromatic ring is 2. The first kappa shape index (κ1) is 30.8. The molecule has 4 aromatic carbocycles. The molecular formula is C34H26N10O4. The average Bonchev–Trinajstić information content (AvgIpc) is 3.11. The monoisotopic (exact) mass is 638 g/mol. The Morgan fingerprint density at radius 3 is 2.19 bits per heavy atom. The van der Waals surface area contributed by atoms with Crippen LogP contribution in [0.4, 0.5) is 29.0 Å².